The summed E-state index contributed by atoms with van der Waals surface area (Å²) >= 11 is 0. The molecule has 1 N–H and O–H groups in total. The molecule has 0 unspecified atom stereocenters. The number of hydrogen-bond donors (Lipinski definition) is 1. The highest BCUT2D eigenvalue weighted by atomic mass is 16.2. The van der Waals surface area contributed by atoms with Crippen molar-refractivity contribution in [2.75, 3.05) is 23.3 Å². The highest BCUT2D eigenvalue weighted by molar-refractivity contribution is 5.92. The van der Waals surface area contributed by atoms with Crippen LogP contribution in [-0.2, 0) is 4.79 Å². The van der Waals surface area contributed by atoms with Gasteiger partial charge >= 0.3 is 0 Å². The van der Waals surface area contributed by atoms with Crippen LogP contribution in [0.5, 0.6) is 0 Å². The van der Waals surface area contributed by atoms with Gasteiger partial charge in [0.25, 0.3) is 0 Å². The smallest absolute Gasteiger partial charge is 0.230 e. The number of piperidine rings is 1. The molecule has 0 aliphatic carbocycles. The zero-order valence-corrected chi connectivity index (χ0v) is 14.4. The van der Waals surface area contributed by atoms with Gasteiger partial charge < -0.3 is 10.2 Å². The molecule has 24 heavy (non-hydrogen) atoms. The standard InChI is InChI=1S/C18H23N5O/c1-12-6-4-8-16(20-12)22-18(24)15-7-5-9-23(11-15)17-10-13(2)19-14(3)21-17/h4,6,8,10,15H,5,7,9,11H2,1-3H3,(H,20,22,24)/t15-/m0/s1. The number of hydrogen-bond acceptors (Lipinski definition) is 5. The molecule has 0 saturated carbocycles. The molecule has 126 valence electrons. The molecule has 2 aromatic heterocycles. The predicted octanol–water partition coefficient (Wildman–Crippen LogP) is 2.65. The molecule has 0 aromatic carbocycles. The number of anilines is 2. The summed E-state index contributed by atoms with van der Waals surface area (Å²) < 4.78 is 0. The maximum atomic E-state index is 12.6. The second-order valence-corrected chi connectivity index (χ2v) is 6.35. The molecule has 1 amide bonds. The van der Waals surface area contributed by atoms with Gasteiger partial charge in [-0.2, -0.15) is 0 Å². The Morgan fingerprint density at radius 1 is 1.17 bits per heavy atom. The van der Waals surface area contributed by atoms with Crippen LogP contribution in [0.25, 0.3) is 0 Å². The summed E-state index contributed by atoms with van der Waals surface area (Å²) in [5.74, 6) is 2.26. The van der Waals surface area contributed by atoms with Gasteiger partial charge in [0.05, 0.1) is 5.92 Å². The van der Waals surface area contributed by atoms with Crippen molar-refractivity contribution in [1.29, 1.82) is 0 Å². The number of carbonyl (C=O) groups is 1. The first-order valence-corrected chi connectivity index (χ1v) is 8.33. The van der Waals surface area contributed by atoms with Crippen molar-refractivity contribution in [3.8, 4) is 0 Å². The minimum atomic E-state index is -0.0587. The van der Waals surface area contributed by atoms with Crippen LogP contribution >= 0.6 is 0 Å². The molecule has 1 aliphatic heterocycles. The van der Waals surface area contributed by atoms with Gasteiger partial charge in [-0.05, 0) is 45.7 Å². The normalized spacial score (nSPS) is 17.6. The lowest BCUT2D eigenvalue weighted by Gasteiger charge is -2.33. The average molecular weight is 325 g/mol. The zero-order valence-electron chi connectivity index (χ0n) is 14.4. The maximum Gasteiger partial charge on any atom is 0.230 e. The Kier molecular flexibility index (Phi) is 4.74. The highest BCUT2D eigenvalue weighted by Gasteiger charge is 2.27. The van der Waals surface area contributed by atoms with E-state index < -0.39 is 0 Å². The number of nitrogens with zero attached hydrogens (tertiary/aromatic N) is 4. The summed E-state index contributed by atoms with van der Waals surface area (Å²) in [6, 6.07) is 7.62. The Morgan fingerprint density at radius 2 is 2.00 bits per heavy atom. The Morgan fingerprint density at radius 3 is 2.75 bits per heavy atom. The number of pyridine rings is 1. The highest BCUT2D eigenvalue weighted by Crippen LogP contribution is 2.23. The fraction of sp³-hybridized carbons (Fsp3) is 0.444. The first kappa shape index (κ1) is 16.4. The van der Waals surface area contributed by atoms with Crippen molar-refractivity contribution < 1.29 is 4.79 Å². The van der Waals surface area contributed by atoms with E-state index in [0.717, 1.165) is 42.4 Å². The molecular formula is C18H23N5O. The molecule has 6 heteroatoms. The van der Waals surface area contributed by atoms with Gasteiger partial charge in [-0.25, -0.2) is 15.0 Å². The summed E-state index contributed by atoms with van der Waals surface area (Å²) in [7, 11) is 0. The van der Waals surface area contributed by atoms with E-state index in [1.54, 1.807) is 0 Å². The molecule has 0 bridgehead atoms. The summed E-state index contributed by atoms with van der Waals surface area (Å²) in [4.78, 5) is 27.9. The summed E-state index contributed by atoms with van der Waals surface area (Å²) in [6.07, 6.45) is 1.86. The number of aryl methyl sites for hydroxylation is 3. The van der Waals surface area contributed by atoms with E-state index in [-0.39, 0.29) is 11.8 Å². The molecule has 1 fully saturated rings. The van der Waals surface area contributed by atoms with Crippen LogP contribution in [0.3, 0.4) is 0 Å². The fourth-order valence-electron chi connectivity index (χ4n) is 3.10. The quantitative estimate of drug-likeness (QED) is 0.939. The van der Waals surface area contributed by atoms with E-state index in [1.807, 2.05) is 45.0 Å². The third kappa shape index (κ3) is 3.88. The fourth-order valence-corrected chi connectivity index (χ4v) is 3.10. The van der Waals surface area contributed by atoms with Crippen molar-refractivity contribution in [3.05, 3.63) is 41.5 Å². The molecule has 0 radical (unpaired) electrons. The van der Waals surface area contributed by atoms with Gasteiger partial charge in [-0.15, -0.1) is 0 Å². The van der Waals surface area contributed by atoms with Gasteiger partial charge in [-0.3, -0.25) is 4.79 Å². The van der Waals surface area contributed by atoms with Gasteiger partial charge in [0.2, 0.25) is 5.91 Å². The van der Waals surface area contributed by atoms with Crippen LogP contribution in [0.2, 0.25) is 0 Å². The van der Waals surface area contributed by atoms with E-state index in [4.69, 9.17) is 0 Å². The average Bonchev–Trinajstić information content (AvgIpc) is 2.54. The molecule has 2 aromatic rings. The van der Waals surface area contributed by atoms with Crippen molar-refractivity contribution in [2.24, 2.45) is 5.92 Å². The minimum absolute atomic E-state index is 0.0281. The number of amides is 1. The lowest BCUT2D eigenvalue weighted by molar-refractivity contribution is -0.120. The van der Waals surface area contributed by atoms with E-state index in [2.05, 4.69) is 25.2 Å². The van der Waals surface area contributed by atoms with Crippen LogP contribution in [0.1, 0.15) is 30.1 Å². The molecule has 1 saturated heterocycles. The number of nitrogens with one attached hydrogen (secondary N) is 1. The third-order valence-electron chi connectivity index (χ3n) is 4.21. The maximum absolute atomic E-state index is 12.6. The number of aromatic nitrogens is 3. The molecule has 6 nitrogen and oxygen atoms in total. The number of carbonyl (C=O) groups excluding carboxylic acids is 1. The minimum Gasteiger partial charge on any atom is -0.356 e. The lowest BCUT2D eigenvalue weighted by atomic mass is 9.97. The van der Waals surface area contributed by atoms with Gasteiger partial charge in [0.1, 0.15) is 17.5 Å². The van der Waals surface area contributed by atoms with E-state index >= 15 is 0 Å². The molecule has 1 atom stereocenters. The Balaban J connectivity index is 1.69. The Bertz CT molecular complexity index is 726. The second kappa shape index (κ2) is 6.95. The van der Waals surface area contributed by atoms with E-state index in [1.165, 1.54) is 0 Å². The van der Waals surface area contributed by atoms with Crippen molar-refractivity contribution in [2.45, 2.75) is 33.6 Å². The topological polar surface area (TPSA) is 71.0 Å². The third-order valence-corrected chi connectivity index (χ3v) is 4.21. The summed E-state index contributed by atoms with van der Waals surface area (Å²) in [5.41, 5.74) is 1.85. The van der Waals surface area contributed by atoms with Crippen molar-refractivity contribution in [3.63, 3.8) is 0 Å². The first-order valence-electron chi connectivity index (χ1n) is 8.33. The van der Waals surface area contributed by atoms with Crippen LogP contribution in [-0.4, -0.2) is 33.9 Å². The van der Waals surface area contributed by atoms with Crippen molar-refractivity contribution >= 4 is 17.5 Å². The molecular weight excluding hydrogens is 302 g/mol. The second-order valence-electron chi connectivity index (χ2n) is 6.35. The van der Waals surface area contributed by atoms with E-state index in [9.17, 15) is 4.79 Å². The Hall–Kier alpha value is -2.50. The zero-order chi connectivity index (χ0) is 17.1. The molecule has 0 spiro atoms. The monoisotopic (exact) mass is 325 g/mol. The molecule has 1 aliphatic rings. The van der Waals surface area contributed by atoms with Crippen LogP contribution in [0.15, 0.2) is 24.3 Å². The number of rotatable bonds is 3. The van der Waals surface area contributed by atoms with Gasteiger partial charge in [0.15, 0.2) is 0 Å². The van der Waals surface area contributed by atoms with E-state index in [0.29, 0.717) is 12.4 Å². The van der Waals surface area contributed by atoms with Gasteiger partial charge in [-0.1, -0.05) is 6.07 Å². The lowest BCUT2D eigenvalue weighted by Crippen LogP contribution is -2.41. The van der Waals surface area contributed by atoms with Crippen molar-refractivity contribution in [1.82, 2.24) is 15.0 Å². The summed E-state index contributed by atoms with van der Waals surface area (Å²) in [6.45, 7) is 7.37. The first-order chi connectivity index (χ1) is 11.5. The van der Waals surface area contributed by atoms with Crippen LogP contribution in [0.4, 0.5) is 11.6 Å². The molecule has 3 heterocycles. The largest absolute Gasteiger partial charge is 0.356 e. The van der Waals surface area contributed by atoms with Gasteiger partial charge in [0, 0.05) is 30.5 Å². The summed E-state index contributed by atoms with van der Waals surface area (Å²) in [5, 5.41) is 2.94. The van der Waals surface area contributed by atoms with Crippen LogP contribution < -0.4 is 10.2 Å². The Labute approximate surface area is 142 Å². The van der Waals surface area contributed by atoms with Crippen LogP contribution in [0, 0.1) is 26.7 Å². The SMILES string of the molecule is Cc1cccc(NC(=O)[C@H]2CCCN(c3cc(C)nc(C)n3)C2)n1. The predicted molar refractivity (Wildman–Crippen MR) is 94.0 cm³/mol. The molecule has 3 rings (SSSR count).